The third-order valence-corrected chi connectivity index (χ3v) is 10.2. The van der Waals surface area contributed by atoms with Gasteiger partial charge in [-0.3, -0.25) is 19.4 Å². The summed E-state index contributed by atoms with van der Waals surface area (Å²) in [6.07, 6.45) is 0.577. The number of ether oxygens (including phenoxy) is 1. The SMILES string of the molecule is C[C@@H]1CN(c2cc(F)c(C3=CCCN(c4ncc(CN5CCOCC5)cn4)C3)cc2NC(=O)C2CNC(=O)CC2C(F)(F)F)C[C@H](C)N1C. The van der Waals surface area contributed by atoms with Crippen LogP contribution >= 0.6 is 0 Å². The molecule has 0 radical (unpaired) electrons. The minimum absolute atomic E-state index is 0.105. The van der Waals surface area contributed by atoms with E-state index in [-0.39, 0.29) is 23.3 Å². The van der Waals surface area contributed by atoms with Crippen molar-refractivity contribution in [3.8, 4) is 0 Å². The van der Waals surface area contributed by atoms with Crippen LogP contribution in [0.5, 0.6) is 0 Å². The number of hydrogen-bond acceptors (Lipinski definition) is 9. The van der Waals surface area contributed by atoms with Gasteiger partial charge in [0.25, 0.3) is 0 Å². The fourth-order valence-corrected chi connectivity index (χ4v) is 7.12. The van der Waals surface area contributed by atoms with E-state index in [0.29, 0.717) is 63.0 Å². The molecule has 2 N–H and O–H groups in total. The molecule has 2 unspecified atom stereocenters. The van der Waals surface area contributed by atoms with Gasteiger partial charge in [-0.05, 0) is 45.0 Å². The Hall–Kier alpha value is -3.82. The van der Waals surface area contributed by atoms with Gasteiger partial charge in [0.2, 0.25) is 17.8 Å². The first kappa shape index (κ1) is 35.0. The van der Waals surface area contributed by atoms with Gasteiger partial charge in [-0.2, -0.15) is 13.2 Å². The molecule has 0 saturated carbocycles. The summed E-state index contributed by atoms with van der Waals surface area (Å²) < 4.78 is 63.5. The second kappa shape index (κ2) is 14.6. The van der Waals surface area contributed by atoms with Crippen molar-refractivity contribution >= 4 is 34.7 Å². The molecule has 266 valence electrons. The molecular weight excluding hydrogens is 644 g/mol. The predicted molar refractivity (Wildman–Crippen MR) is 178 cm³/mol. The zero-order valence-corrected chi connectivity index (χ0v) is 28.1. The van der Waals surface area contributed by atoms with Gasteiger partial charge in [-0.15, -0.1) is 0 Å². The quantitative estimate of drug-likeness (QED) is 0.423. The number of aromatic nitrogens is 2. The Labute approximate surface area is 283 Å². The van der Waals surface area contributed by atoms with Crippen LogP contribution in [0.25, 0.3) is 5.57 Å². The van der Waals surface area contributed by atoms with E-state index in [9.17, 15) is 22.8 Å². The maximum Gasteiger partial charge on any atom is 0.393 e. The molecule has 11 nitrogen and oxygen atoms in total. The molecule has 2 amide bonds. The molecule has 1 aromatic carbocycles. The number of hydrogen-bond donors (Lipinski definition) is 2. The number of piperidine rings is 1. The van der Waals surface area contributed by atoms with Crippen molar-refractivity contribution in [1.29, 1.82) is 0 Å². The number of likely N-dealkylation sites (N-methyl/N-ethyl adjacent to an activating group) is 1. The predicted octanol–water partition coefficient (Wildman–Crippen LogP) is 3.52. The molecule has 1 aromatic heterocycles. The Balaban J connectivity index is 1.26. The number of nitrogens with one attached hydrogen (secondary N) is 2. The second-order valence-corrected chi connectivity index (χ2v) is 13.6. The Morgan fingerprint density at radius 3 is 2.43 bits per heavy atom. The lowest BCUT2D eigenvalue weighted by Gasteiger charge is -2.44. The summed E-state index contributed by atoms with van der Waals surface area (Å²) in [6.45, 7) is 9.46. The number of morpholine rings is 1. The van der Waals surface area contributed by atoms with E-state index in [2.05, 4.69) is 30.4 Å². The summed E-state index contributed by atoms with van der Waals surface area (Å²) in [6, 6.07) is 3.11. The Bertz CT molecular complexity index is 1540. The average molecular weight is 689 g/mol. The average Bonchev–Trinajstić information content (AvgIpc) is 3.08. The molecule has 0 aliphatic carbocycles. The van der Waals surface area contributed by atoms with E-state index in [1.807, 2.05) is 36.8 Å². The van der Waals surface area contributed by atoms with Gasteiger partial charge in [0.1, 0.15) is 5.82 Å². The van der Waals surface area contributed by atoms with Crippen LogP contribution in [-0.4, -0.2) is 116 Å². The van der Waals surface area contributed by atoms with Crippen molar-refractivity contribution in [3.63, 3.8) is 0 Å². The maximum atomic E-state index is 16.1. The van der Waals surface area contributed by atoms with Gasteiger partial charge in [0.15, 0.2) is 0 Å². The smallest absolute Gasteiger partial charge is 0.379 e. The van der Waals surface area contributed by atoms with Crippen LogP contribution in [0.4, 0.5) is 34.9 Å². The zero-order valence-electron chi connectivity index (χ0n) is 28.1. The van der Waals surface area contributed by atoms with E-state index < -0.39 is 48.6 Å². The van der Waals surface area contributed by atoms with Gasteiger partial charge in [-0.25, -0.2) is 14.4 Å². The Morgan fingerprint density at radius 1 is 1.06 bits per heavy atom. The van der Waals surface area contributed by atoms with Gasteiger partial charge >= 0.3 is 6.18 Å². The number of piperazine rings is 1. The number of amides is 2. The number of benzene rings is 1. The normalized spacial score (nSPS) is 25.9. The maximum absolute atomic E-state index is 16.1. The zero-order chi connectivity index (χ0) is 34.9. The Morgan fingerprint density at radius 2 is 1.76 bits per heavy atom. The summed E-state index contributed by atoms with van der Waals surface area (Å²) in [4.78, 5) is 43.1. The number of anilines is 3. The van der Waals surface area contributed by atoms with Crippen LogP contribution < -0.4 is 20.4 Å². The summed E-state index contributed by atoms with van der Waals surface area (Å²) >= 11 is 0. The van der Waals surface area contributed by atoms with Gasteiger partial charge < -0.3 is 25.2 Å². The number of halogens is 4. The number of carbonyl (C=O) groups is 2. The summed E-state index contributed by atoms with van der Waals surface area (Å²) in [5.41, 5.74) is 2.51. The van der Waals surface area contributed by atoms with Crippen LogP contribution in [-0.2, 0) is 20.9 Å². The molecule has 4 aliphatic rings. The number of carbonyl (C=O) groups excluding carboxylic acids is 2. The number of rotatable bonds is 7. The largest absolute Gasteiger partial charge is 0.393 e. The van der Waals surface area contributed by atoms with Crippen LogP contribution in [0, 0.1) is 17.7 Å². The van der Waals surface area contributed by atoms with E-state index in [1.54, 1.807) is 12.4 Å². The second-order valence-electron chi connectivity index (χ2n) is 13.6. The molecule has 4 aliphatic heterocycles. The first-order chi connectivity index (χ1) is 23.4. The minimum Gasteiger partial charge on any atom is -0.379 e. The molecule has 2 aromatic rings. The summed E-state index contributed by atoms with van der Waals surface area (Å²) in [7, 11) is 2.01. The molecule has 3 saturated heterocycles. The van der Waals surface area contributed by atoms with E-state index in [4.69, 9.17) is 4.74 Å². The highest BCUT2D eigenvalue weighted by molar-refractivity contribution is 5.98. The van der Waals surface area contributed by atoms with Crippen molar-refractivity contribution in [2.75, 3.05) is 81.2 Å². The standard InChI is InChI=1S/C34H44F4N8O3/c1-21-17-46(18-22(2)43(21)3)30-13-28(35)25(11-29(30)42-32(48)26-16-39-31(47)12-27(26)34(36,37)38)24-5-4-6-45(20-24)33-40-14-23(15-41-33)19-44-7-9-49-10-8-44/h5,11,13-15,21-22,26-27H,4,6-10,12,16-20H2,1-3H3,(H,39,47)(H,42,48)/t21-,22+,26?,27?. The molecule has 15 heteroatoms. The highest BCUT2D eigenvalue weighted by atomic mass is 19.4. The molecule has 4 atom stereocenters. The molecule has 0 bridgehead atoms. The lowest BCUT2D eigenvalue weighted by atomic mass is 9.84. The fraction of sp³-hybridized carbons (Fsp3) is 0.588. The Kier molecular flexibility index (Phi) is 10.4. The first-order valence-electron chi connectivity index (χ1n) is 16.9. The van der Waals surface area contributed by atoms with Crippen LogP contribution in [0.2, 0.25) is 0 Å². The molecule has 5 heterocycles. The molecule has 0 spiro atoms. The molecule has 49 heavy (non-hydrogen) atoms. The fourth-order valence-electron chi connectivity index (χ4n) is 7.12. The van der Waals surface area contributed by atoms with Crippen molar-refractivity contribution in [2.45, 2.75) is 51.5 Å². The van der Waals surface area contributed by atoms with Crippen molar-refractivity contribution < 1.29 is 31.9 Å². The lowest BCUT2D eigenvalue weighted by Crippen LogP contribution is -2.55. The van der Waals surface area contributed by atoms with E-state index in [1.165, 1.54) is 12.1 Å². The summed E-state index contributed by atoms with van der Waals surface area (Å²) in [5, 5.41) is 5.14. The van der Waals surface area contributed by atoms with Crippen LogP contribution in [0.1, 0.15) is 37.8 Å². The van der Waals surface area contributed by atoms with Crippen LogP contribution in [0.3, 0.4) is 0 Å². The third kappa shape index (κ3) is 7.99. The summed E-state index contributed by atoms with van der Waals surface area (Å²) in [5.74, 6) is -5.26. The highest BCUT2D eigenvalue weighted by Crippen LogP contribution is 2.39. The van der Waals surface area contributed by atoms with Crippen LogP contribution in [0.15, 0.2) is 30.6 Å². The minimum atomic E-state index is -4.74. The van der Waals surface area contributed by atoms with Crippen molar-refractivity contribution in [1.82, 2.24) is 25.1 Å². The van der Waals surface area contributed by atoms with Crippen molar-refractivity contribution in [2.24, 2.45) is 11.8 Å². The first-order valence-corrected chi connectivity index (χ1v) is 16.9. The number of nitrogens with zero attached hydrogens (tertiary/aromatic N) is 6. The molecule has 3 fully saturated rings. The number of alkyl halides is 3. The van der Waals surface area contributed by atoms with E-state index in [0.717, 1.165) is 25.2 Å². The van der Waals surface area contributed by atoms with Gasteiger partial charge in [0, 0.05) is 94.4 Å². The van der Waals surface area contributed by atoms with Crippen molar-refractivity contribution in [3.05, 3.63) is 47.5 Å². The van der Waals surface area contributed by atoms with Gasteiger partial charge in [-0.1, -0.05) is 6.08 Å². The van der Waals surface area contributed by atoms with E-state index >= 15 is 4.39 Å². The molecular formula is C34H44F4N8O3. The third-order valence-electron chi connectivity index (χ3n) is 10.2. The molecule has 6 rings (SSSR count). The van der Waals surface area contributed by atoms with Gasteiger partial charge in [0.05, 0.1) is 36.4 Å². The topological polar surface area (TPSA) is 106 Å². The lowest BCUT2D eigenvalue weighted by molar-refractivity contribution is -0.197. The highest BCUT2D eigenvalue weighted by Gasteiger charge is 2.50. The monoisotopic (exact) mass is 688 g/mol.